The third-order valence-corrected chi connectivity index (χ3v) is 6.05. The van der Waals surface area contributed by atoms with Gasteiger partial charge in [-0.1, -0.05) is 30.3 Å². The maximum atomic E-state index is 12.5. The van der Waals surface area contributed by atoms with Gasteiger partial charge in [0.15, 0.2) is 0 Å². The molecule has 0 aliphatic carbocycles. The molecular weight excluding hydrogens is 356 g/mol. The highest BCUT2D eigenvalue weighted by atomic mass is 16.5. The van der Waals surface area contributed by atoms with Crippen molar-refractivity contribution in [2.45, 2.75) is 25.0 Å². The number of aryl methyl sites for hydroxylation is 1. The van der Waals surface area contributed by atoms with E-state index in [-0.39, 0.29) is 18.6 Å². The maximum absolute atomic E-state index is 12.5. The lowest BCUT2D eigenvalue weighted by atomic mass is 9.76. The monoisotopic (exact) mass is 378 g/mol. The Kier molecular flexibility index (Phi) is 3.83. The number of fused-ring (bicyclic) bond motifs is 2. The first-order valence-corrected chi connectivity index (χ1v) is 9.46. The van der Waals surface area contributed by atoms with E-state index in [1.807, 2.05) is 43.1 Å². The Morgan fingerprint density at radius 2 is 2.07 bits per heavy atom. The highest BCUT2D eigenvalue weighted by Crippen LogP contribution is 2.43. The van der Waals surface area contributed by atoms with Gasteiger partial charge in [0.1, 0.15) is 19.0 Å². The number of rotatable bonds is 2. The molecule has 0 spiro atoms. The molecule has 0 radical (unpaired) electrons. The number of likely N-dealkylation sites (N-methyl/N-ethyl adjacent to an activating group) is 1. The van der Waals surface area contributed by atoms with Crippen LogP contribution in [0.5, 0.6) is 0 Å². The molecule has 8 nitrogen and oxygen atoms in total. The Morgan fingerprint density at radius 3 is 2.89 bits per heavy atom. The molecule has 5 rings (SSSR count). The number of benzene rings is 1. The van der Waals surface area contributed by atoms with Crippen LogP contribution < -0.4 is 4.90 Å². The summed E-state index contributed by atoms with van der Waals surface area (Å²) < 4.78 is 7.82. The van der Waals surface area contributed by atoms with E-state index in [1.54, 1.807) is 10.8 Å². The fourth-order valence-electron chi connectivity index (χ4n) is 4.61. The SMILES string of the molecule is Cc1cc(N2CC[C@@]3(c4ccccc4)[C@H](C2)OCC(=O)N3C)c2nncn2n1. The summed E-state index contributed by atoms with van der Waals surface area (Å²) >= 11 is 0. The highest BCUT2D eigenvalue weighted by Gasteiger charge is 2.52. The van der Waals surface area contributed by atoms with Gasteiger partial charge in [-0.25, -0.2) is 0 Å². The van der Waals surface area contributed by atoms with Gasteiger partial charge in [0, 0.05) is 20.1 Å². The lowest BCUT2D eigenvalue weighted by Gasteiger charge is -2.55. The molecule has 0 bridgehead atoms. The lowest BCUT2D eigenvalue weighted by Crippen LogP contribution is -2.67. The molecule has 3 aromatic rings. The summed E-state index contributed by atoms with van der Waals surface area (Å²) in [7, 11) is 1.90. The summed E-state index contributed by atoms with van der Waals surface area (Å²) in [4.78, 5) is 16.7. The Bertz CT molecular complexity index is 1040. The largest absolute Gasteiger partial charge is 0.366 e. The molecule has 28 heavy (non-hydrogen) atoms. The van der Waals surface area contributed by atoms with E-state index < -0.39 is 5.54 Å². The lowest BCUT2D eigenvalue weighted by molar-refractivity contribution is -0.173. The minimum atomic E-state index is -0.459. The van der Waals surface area contributed by atoms with E-state index in [0.717, 1.165) is 35.6 Å². The number of morpholine rings is 1. The van der Waals surface area contributed by atoms with Crippen LogP contribution in [-0.2, 0) is 15.1 Å². The fourth-order valence-corrected chi connectivity index (χ4v) is 4.61. The molecule has 2 atom stereocenters. The molecule has 0 saturated carbocycles. The van der Waals surface area contributed by atoms with Crippen LogP contribution in [0.25, 0.3) is 5.65 Å². The molecule has 144 valence electrons. The maximum Gasteiger partial charge on any atom is 0.249 e. The van der Waals surface area contributed by atoms with E-state index in [2.05, 4.69) is 32.3 Å². The van der Waals surface area contributed by atoms with E-state index >= 15 is 0 Å². The van der Waals surface area contributed by atoms with Gasteiger partial charge in [-0.15, -0.1) is 10.2 Å². The molecule has 2 aliphatic rings. The number of hydrogen-bond acceptors (Lipinski definition) is 6. The average molecular weight is 378 g/mol. The topological polar surface area (TPSA) is 75.9 Å². The zero-order chi connectivity index (χ0) is 19.3. The van der Waals surface area contributed by atoms with Gasteiger partial charge in [-0.05, 0) is 25.0 Å². The molecular formula is C20H22N6O2. The van der Waals surface area contributed by atoms with E-state index in [0.29, 0.717) is 6.54 Å². The minimum absolute atomic E-state index is 0.0214. The predicted molar refractivity (Wildman–Crippen MR) is 103 cm³/mol. The number of nitrogens with zero attached hydrogens (tertiary/aromatic N) is 6. The van der Waals surface area contributed by atoms with Gasteiger partial charge in [-0.3, -0.25) is 4.79 Å². The van der Waals surface area contributed by atoms with Gasteiger partial charge in [0.05, 0.1) is 16.9 Å². The molecule has 2 fully saturated rings. The van der Waals surface area contributed by atoms with Crippen molar-refractivity contribution in [1.82, 2.24) is 24.7 Å². The average Bonchev–Trinajstić information content (AvgIpc) is 3.19. The molecule has 4 heterocycles. The van der Waals surface area contributed by atoms with Crippen LogP contribution in [0.1, 0.15) is 17.7 Å². The normalized spacial score (nSPS) is 25.2. The van der Waals surface area contributed by atoms with Crippen molar-refractivity contribution < 1.29 is 9.53 Å². The first-order chi connectivity index (χ1) is 13.6. The summed E-state index contributed by atoms with van der Waals surface area (Å²) in [6, 6.07) is 12.3. The third-order valence-electron chi connectivity index (χ3n) is 6.05. The third kappa shape index (κ3) is 2.41. The van der Waals surface area contributed by atoms with Crippen LogP contribution in [0.4, 0.5) is 5.69 Å². The van der Waals surface area contributed by atoms with Crippen molar-refractivity contribution >= 4 is 17.2 Å². The number of amides is 1. The van der Waals surface area contributed by atoms with Gasteiger partial charge in [-0.2, -0.15) is 9.61 Å². The number of carbonyl (C=O) groups excluding carboxylic acids is 1. The van der Waals surface area contributed by atoms with Crippen LogP contribution in [0.2, 0.25) is 0 Å². The van der Waals surface area contributed by atoms with Gasteiger partial charge >= 0.3 is 0 Å². The Morgan fingerprint density at radius 1 is 1.25 bits per heavy atom. The molecule has 1 aromatic carbocycles. The summed E-state index contributed by atoms with van der Waals surface area (Å²) in [6.07, 6.45) is 2.25. The zero-order valence-electron chi connectivity index (χ0n) is 15.9. The van der Waals surface area contributed by atoms with Crippen LogP contribution in [0, 0.1) is 6.92 Å². The zero-order valence-corrected chi connectivity index (χ0v) is 15.9. The fraction of sp³-hybridized carbons (Fsp3) is 0.400. The molecule has 0 N–H and O–H groups in total. The van der Waals surface area contributed by atoms with Crippen LogP contribution in [0.3, 0.4) is 0 Å². The molecule has 2 aromatic heterocycles. The van der Waals surface area contributed by atoms with E-state index in [4.69, 9.17) is 4.74 Å². The number of hydrogen-bond donors (Lipinski definition) is 0. The number of aromatic nitrogens is 4. The Labute approximate surface area is 162 Å². The van der Waals surface area contributed by atoms with Crippen molar-refractivity contribution in [2.75, 3.05) is 31.6 Å². The smallest absolute Gasteiger partial charge is 0.249 e. The Hall–Kier alpha value is -3.00. The molecule has 2 saturated heterocycles. The van der Waals surface area contributed by atoms with Crippen LogP contribution in [-0.4, -0.2) is 63.5 Å². The first kappa shape index (κ1) is 17.1. The Balaban J connectivity index is 1.56. The summed E-state index contributed by atoms with van der Waals surface area (Å²) in [5, 5.41) is 12.7. The van der Waals surface area contributed by atoms with Crippen molar-refractivity contribution in [3.63, 3.8) is 0 Å². The van der Waals surface area contributed by atoms with E-state index in [1.165, 1.54) is 0 Å². The quantitative estimate of drug-likeness (QED) is 0.671. The van der Waals surface area contributed by atoms with Crippen LogP contribution in [0.15, 0.2) is 42.7 Å². The number of piperidine rings is 1. The molecule has 1 amide bonds. The van der Waals surface area contributed by atoms with Crippen molar-refractivity contribution in [3.8, 4) is 0 Å². The van der Waals surface area contributed by atoms with Crippen molar-refractivity contribution in [1.29, 1.82) is 0 Å². The number of carbonyl (C=O) groups is 1. The standard InChI is InChI=1S/C20H22N6O2/c1-14-10-16(19-22-21-13-26(19)23-14)25-9-8-20(15-6-4-3-5-7-15)17(11-25)28-12-18(27)24(20)2/h3-7,10,13,17H,8-9,11-12H2,1-2H3/t17-,20+/m0/s1. The van der Waals surface area contributed by atoms with Crippen molar-refractivity contribution in [2.24, 2.45) is 0 Å². The number of ether oxygens (including phenoxy) is 1. The number of anilines is 1. The molecule has 0 unspecified atom stereocenters. The van der Waals surface area contributed by atoms with Crippen molar-refractivity contribution in [3.05, 3.63) is 54.0 Å². The molecule has 2 aliphatic heterocycles. The second-order valence-electron chi connectivity index (χ2n) is 7.51. The van der Waals surface area contributed by atoms with Gasteiger partial charge < -0.3 is 14.5 Å². The van der Waals surface area contributed by atoms with Crippen LogP contribution >= 0.6 is 0 Å². The first-order valence-electron chi connectivity index (χ1n) is 9.46. The highest BCUT2D eigenvalue weighted by molar-refractivity contribution is 5.79. The summed E-state index contributed by atoms with van der Waals surface area (Å²) in [5.41, 5.74) is 3.29. The minimum Gasteiger partial charge on any atom is -0.366 e. The predicted octanol–water partition coefficient (Wildman–Crippen LogP) is 1.40. The van der Waals surface area contributed by atoms with Gasteiger partial charge in [0.2, 0.25) is 11.6 Å². The molecule has 8 heteroatoms. The second-order valence-corrected chi connectivity index (χ2v) is 7.51. The second kappa shape index (κ2) is 6.27. The van der Waals surface area contributed by atoms with E-state index in [9.17, 15) is 4.79 Å². The van der Waals surface area contributed by atoms with Gasteiger partial charge in [0.25, 0.3) is 0 Å². The summed E-state index contributed by atoms with van der Waals surface area (Å²) in [6.45, 7) is 3.51. The summed E-state index contributed by atoms with van der Waals surface area (Å²) in [5.74, 6) is 0.0214.